The maximum atomic E-state index is 12.2. The molecule has 1 aromatic carbocycles. The van der Waals surface area contributed by atoms with Crippen molar-refractivity contribution < 1.29 is 9.53 Å². The van der Waals surface area contributed by atoms with E-state index in [9.17, 15) is 9.59 Å². The zero-order valence-corrected chi connectivity index (χ0v) is 15.3. The van der Waals surface area contributed by atoms with E-state index in [4.69, 9.17) is 4.74 Å². The summed E-state index contributed by atoms with van der Waals surface area (Å²) in [5.41, 5.74) is 4.18. The largest absolute Gasteiger partial charge is 0.447 e. The molecule has 0 unspecified atom stereocenters. The van der Waals surface area contributed by atoms with E-state index in [1.54, 1.807) is 15.4 Å². The van der Waals surface area contributed by atoms with Gasteiger partial charge in [-0.05, 0) is 31.5 Å². The molecule has 1 amide bonds. The molecule has 3 aromatic rings. The van der Waals surface area contributed by atoms with E-state index >= 15 is 0 Å². The average Bonchev–Trinajstić information content (AvgIpc) is 3.20. The molecule has 1 N–H and O–H groups in total. The van der Waals surface area contributed by atoms with E-state index in [0.717, 1.165) is 22.6 Å². The fourth-order valence-electron chi connectivity index (χ4n) is 3.01. The molecule has 4 rings (SSSR count). The summed E-state index contributed by atoms with van der Waals surface area (Å²) in [6.07, 6.45) is -0.321. The van der Waals surface area contributed by atoms with Gasteiger partial charge < -0.3 is 10.1 Å². The standard InChI is InChI=1S/C18H18N4O3S/c1-11-3-4-13(7-15(11)21-5-6-25-18(21)24)19-9-14-8-16(23)22-12(2)10-26-17(22)20-14/h3-4,7-8,10,19H,5-6,9H2,1-2H3. The third-order valence-corrected chi connectivity index (χ3v) is 5.31. The van der Waals surface area contributed by atoms with Crippen molar-refractivity contribution >= 4 is 33.8 Å². The van der Waals surface area contributed by atoms with E-state index in [1.807, 2.05) is 37.4 Å². The first-order valence-corrected chi connectivity index (χ1v) is 9.16. The summed E-state index contributed by atoms with van der Waals surface area (Å²) in [4.78, 5) is 30.9. The minimum atomic E-state index is -0.321. The van der Waals surface area contributed by atoms with Crippen LogP contribution >= 0.6 is 11.3 Å². The number of nitrogens with one attached hydrogen (secondary N) is 1. The number of aryl methyl sites for hydroxylation is 2. The predicted molar refractivity (Wildman–Crippen MR) is 101 cm³/mol. The zero-order chi connectivity index (χ0) is 18.3. The number of amides is 1. The highest BCUT2D eigenvalue weighted by Crippen LogP contribution is 2.27. The lowest BCUT2D eigenvalue weighted by molar-refractivity contribution is 0.181. The van der Waals surface area contributed by atoms with Crippen molar-refractivity contribution in [1.82, 2.24) is 9.38 Å². The van der Waals surface area contributed by atoms with Gasteiger partial charge in [0.1, 0.15) is 6.61 Å². The van der Waals surface area contributed by atoms with Crippen LogP contribution in [0.25, 0.3) is 4.96 Å². The normalized spacial score (nSPS) is 14.1. The van der Waals surface area contributed by atoms with Gasteiger partial charge in [-0.2, -0.15) is 0 Å². The van der Waals surface area contributed by atoms with E-state index in [0.29, 0.717) is 30.4 Å². The van der Waals surface area contributed by atoms with Crippen molar-refractivity contribution in [1.29, 1.82) is 0 Å². The molecule has 1 fully saturated rings. The van der Waals surface area contributed by atoms with Crippen molar-refractivity contribution in [2.24, 2.45) is 0 Å². The van der Waals surface area contributed by atoms with Crippen LogP contribution in [0.3, 0.4) is 0 Å². The Morgan fingerprint density at radius 1 is 1.27 bits per heavy atom. The van der Waals surface area contributed by atoms with Crippen LogP contribution in [-0.4, -0.2) is 28.6 Å². The molecule has 8 heteroatoms. The van der Waals surface area contributed by atoms with Crippen LogP contribution in [0.5, 0.6) is 0 Å². The molecule has 134 valence electrons. The summed E-state index contributed by atoms with van der Waals surface area (Å²) >= 11 is 1.45. The highest BCUT2D eigenvalue weighted by atomic mass is 32.1. The number of rotatable bonds is 4. The Labute approximate surface area is 153 Å². The Kier molecular flexibility index (Phi) is 4.12. The summed E-state index contributed by atoms with van der Waals surface area (Å²) in [6, 6.07) is 7.37. The number of fused-ring (bicyclic) bond motifs is 1. The Morgan fingerprint density at radius 2 is 2.12 bits per heavy atom. The number of aromatic nitrogens is 2. The second-order valence-corrected chi connectivity index (χ2v) is 7.04. The molecule has 26 heavy (non-hydrogen) atoms. The molecule has 0 saturated carbocycles. The average molecular weight is 370 g/mol. The maximum Gasteiger partial charge on any atom is 0.414 e. The van der Waals surface area contributed by atoms with Crippen LogP contribution < -0.4 is 15.8 Å². The highest BCUT2D eigenvalue weighted by Gasteiger charge is 2.25. The first kappa shape index (κ1) is 16.6. The number of carbonyl (C=O) groups excluding carboxylic acids is 1. The lowest BCUT2D eigenvalue weighted by Gasteiger charge is -2.17. The first-order valence-electron chi connectivity index (χ1n) is 8.28. The van der Waals surface area contributed by atoms with Gasteiger partial charge in [-0.15, -0.1) is 11.3 Å². The van der Waals surface area contributed by atoms with Gasteiger partial charge >= 0.3 is 6.09 Å². The molecule has 1 saturated heterocycles. The van der Waals surface area contributed by atoms with Gasteiger partial charge in [0.2, 0.25) is 0 Å². The third kappa shape index (κ3) is 2.92. The van der Waals surface area contributed by atoms with Gasteiger partial charge in [0.05, 0.1) is 24.5 Å². The molecular weight excluding hydrogens is 352 g/mol. The molecule has 2 aromatic heterocycles. The summed E-state index contributed by atoms with van der Waals surface area (Å²) in [7, 11) is 0. The summed E-state index contributed by atoms with van der Waals surface area (Å²) in [5.74, 6) is 0. The van der Waals surface area contributed by atoms with Crippen LogP contribution in [0.2, 0.25) is 0 Å². The van der Waals surface area contributed by atoms with Gasteiger partial charge in [0.25, 0.3) is 5.56 Å². The molecule has 0 spiro atoms. The monoisotopic (exact) mass is 370 g/mol. The third-order valence-electron chi connectivity index (χ3n) is 4.36. The van der Waals surface area contributed by atoms with Crippen molar-refractivity contribution in [2.75, 3.05) is 23.4 Å². The van der Waals surface area contributed by atoms with Crippen LogP contribution in [0.15, 0.2) is 34.4 Å². The molecule has 1 aliphatic rings. The summed E-state index contributed by atoms with van der Waals surface area (Å²) in [6.45, 7) is 5.23. The number of carbonyl (C=O) groups is 1. The minimum Gasteiger partial charge on any atom is -0.447 e. The van der Waals surface area contributed by atoms with Crippen LogP contribution in [-0.2, 0) is 11.3 Å². The minimum absolute atomic E-state index is 0.0741. The van der Waals surface area contributed by atoms with Crippen molar-refractivity contribution in [3.05, 3.63) is 57.0 Å². The van der Waals surface area contributed by atoms with E-state index < -0.39 is 0 Å². The Hall–Kier alpha value is -2.87. The number of anilines is 2. The molecule has 3 heterocycles. The Bertz CT molecular complexity index is 1060. The van der Waals surface area contributed by atoms with Crippen LogP contribution in [0.4, 0.5) is 16.2 Å². The summed E-state index contributed by atoms with van der Waals surface area (Å²) in [5, 5.41) is 5.20. The molecule has 1 aliphatic heterocycles. The summed E-state index contributed by atoms with van der Waals surface area (Å²) < 4.78 is 6.63. The highest BCUT2D eigenvalue weighted by molar-refractivity contribution is 7.15. The van der Waals surface area contributed by atoms with Crippen LogP contribution in [0.1, 0.15) is 17.0 Å². The number of ether oxygens (including phenoxy) is 1. The fraction of sp³-hybridized carbons (Fsp3) is 0.278. The van der Waals surface area contributed by atoms with Gasteiger partial charge in [0, 0.05) is 22.8 Å². The molecule has 0 atom stereocenters. The number of hydrogen-bond acceptors (Lipinski definition) is 6. The number of thiazole rings is 1. The smallest absolute Gasteiger partial charge is 0.414 e. The molecule has 7 nitrogen and oxygen atoms in total. The molecular formula is C18H18N4O3S. The van der Waals surface area contributed by atoms with Gasteiger partial charge in [-0.3, -0.25) is 14.1 Å². The number of hydrogen-bond donors (Lipinski definition) is 1. The zero-order valence-electron chi connectivity index (χ0n) is 14.5. The van der Waals surface area contributed by atoms with Crippen LogP contribution in [0, 0.1) is 13.8 Å². The number of cyclic esters (lactones) is 1. The van der Waals surface area contributed by atoms with E-state index in [1.165, 1.54) is 11.3 Å². The van der Waals surface area contributed by atoms with Crippen molar-refractivity contribution in [3.63, 3.8) is 0 Å². The predicted octanol–water partition coefficient (Wildman–Crippen LogP) is 2.94. The van der Waals surface area contributed by atoms with Gasteiger partial charge in [0.15, 0.2) is 4.96 Å². The van der Waals surface area contributed by atoms with Gasteiger partial charge in [-0.25, -0.2) is 9.78 Å². The second-order valence-electron chi connectivity index (χ2n) is 6.20. The van der Waals surface area contributed by atoms with Gasteiger partial charge in [-0.1, -0.05) is 6.07 Å². The lowest BCUT2D eigenvalue weighted by atomic mass is 10.1. The Morgan fingerprint density at radius 3 is 2.88 bits per heavy atom. The lowest BCUT2D eigenvalue weighted by Crippen LogP contribution is -2.24. The number of nitrogens with zero attached hydrogens (tertiary/aromatic N) is 3. The van der Waals surface area contributed by atoms with Crippen molar-refractivity contribution in [2.45, 2.75) is 20.4 Å². The SMILES string of the molecule is Cc1ccc(NCc2cc(=O)n3c(C)csc3n2)cc1N1CCOC1=O. The molecule has 0 radical (unpaired) electrons. The molecule has 0 bridgehead atoms. The van der Waals surface area contributed by atoms with E-state index in [2.05, 4.69) is 10.3 Å². The quantitative estimate of drug-likeness (QED) is 0.764. The second kappa shape index (κ2) is 6.45. The number of benzene rings is 1. The van der Waals surface area contributed by atoms with Crippen molar-refractivity contribution in [3.8, 4) is 0 Å². The topological polar surface area (TPSA) is 75.9 Å². The Balaban J connectivity index is 1.57. The maximum absolute atomic E-state index is 12.2. The molecule has 0 aliphatic carbocycles. The van der Waals surface area contributed by atoms with E-state index in [-0.39, 0.29) is 11.7 Å². The first-order chi connectivity index (χ1) is 12.5. The fourth-order valence-corrected chi connectivity index (χ4v) is 3.90.